The third kappa shape index (κ3) is 6.11. The molecule has 8 aromatic carbocycles. The molecule has 0 amide bonds. The standard InChI is InChI=1S/C60H42N2/c1-40(42-21-5-3-6-22-42)19-15-20-41(2)56-39-57(62-59(61-56)47-28-16-25-44(37-47)43-23-7-4-8-24-43)46-27-17-26-45(38-46)48-32-18-36-55-58(48)51-31-11-14-35-54(51)60(55)52-33-12-9-29-49(52)50-30-10-13-34-53(50)60/h3-39H,2H2,1H3/b20-15-,40-19+. The lowest BCUT2D eigenvalue weighted by Gasteiger charge is -2.30. The molecule has 2 aliphatic carbocycles. The number of nitrogens with zero attached hydrogens (tertiary/aromatic N) is 2. The number of rotatable bonds is 8. The zero-order valence-corrected chi connectivity index (χ0v) is 34.5. The normalized spacial score (nSPS) is 13.1. The molecule has 0 N–H and O–H groups in total. The lowest BCUT2D eigenvalue weighted by Crippen LogP contribution is -2.25. The van der Waals surface area contributed by atoms with Crippen LogP contribution in [0.3, 0.4) is 0 Å². The van der Waals surface area contributed by atoms with Crippen molar-refractivity contribution in [3.8, 4) is 67.2 Å². The van der Waals surface area contributed by atoms with E-state index in [9.17, 15) is 0 Å². The van der Waals surface area contributed by atoms with Gasteiger partial charge in [-0.1, -0.05) is 213 Å². The highest BCUT2D eigenvalue weighted by atomic mass is 14.9. The van der Waals surface area contributed by atoms with E-state index < -0.39 is 5.41 Å². The van der Waals surface area contributed by atoms with Crippen LogP contribution < -0.4 is 0 Å². The SMILES string of the molecule is C=C(/C=C\C=C(/C)c1ccccc1)c1cc(-c2cccc(-c3cccc4c3-c3ccccc3C43c4ccccc4-c4ccccc43)c2)nc(-c2cccc(-c3ccccc3)c2)n1. The Hall–Kier alpha value is -7.94. The average Bonchev–Trinajstić information content (AvgIpc) is 3.82. The third-order valence-corrected chi connectivity index (χ3v) is 12.6. The van der Waals surface area contributed by atoms with Gasteiger partial charge in [-0.15, -0.1) is 0 Å². The molecule has 2 heteroatoms. The maximum Gasteiger partial charge on any atom is 0.160 e. The monoisotopic (exact) mass is 790 g/mol. The minimum atomic E-state index is -0.403. The van der Waals surface area contributed by atoms with Crippen LogP contribution in [0.25, 0.3) is 78.3 Å². The summed E-state index contributed by atoms with van der Waals surface area (Å²) in [6.07, 6.45) is 6.23. The van der Waals surface area contributed by atoms with E-state index in [1.165, 1.54) is 61.2 Å². The molecule has 0 saturated heterocycles. The van der Waals surface area contributed by atoms with Crippen LogP contribution in [0, 0.1) is 0 Å². The molecule has 1 spiro atoms. The van der Waals surface area contributed by atoms with Crippen LogP contribution in [-0.2, 0) is 5.41 Å². The maximum atomic E-state index is 5.30. The van der Waals surface area contributed by atoms with Crippen molar-refractivity contribution in [2.45, 2.75) is 12.3 Å². The molecule has 0 aliphatic heterocycles. The Labute approximate surface area is 363 Å². The Balaban J connectivity index is 1.05. The summed E-state index contributed by atoms with van der Waals surface area (Å²) in [5, 5.41) is 0. The van der Waals surface area contributed by atoms with Crippen LogP contribution in [0.5, 0.6) is 0 Å². The summed E-state index contributed by atoms with van der Waals surface area (Å²) in [4.78, 5) is 10.5. The van der Waals surface area contributed by atoms with E-state index in [1.54, 1.807) is 0 Å². The maximum absolute atomic E-state index is 5.30. The van der Waals surface area contributed by atoms with Gasteiger partial charge in [0.2, 0.25) is 0 Å². The van der Waals surface area contributed by atoms with Crippen LogP contribution in [0.1, 0.15) is 40.4 Å². The molecule has 1 aromatic heterocycles. The van der Waals surface area contributed by atoms with E-state index in [2.05, 4.69) is 220 Å². The molecular weight excluding hydrogens is 749 g/mol. The highest BCUT2D eigenvalue weighted by Crippen LogP contribution is 2.63. The van der Waals surface area contributed by atoms with Crippen molar-refractivity contribution in [1.82, 2.24) is 9.97 Å². The topological polar surface area (TPSA) is 25.8 Å². The van der Waals surface area contributed by atoms with E-state index in [4.69, 9.17) is 9.97 Å². The first-order valence-corrected chi connectivity index (χ1v) is 21.3. The smallest absolute Gasteiger partial charge is 0.160 e. The van der Waals surface area contributed by atoms with Crippen LogP contribution in [0.4, 0.5) is 0 Å². The van der Waals surface area contributed by atoms with Gasteiger partial charge in [-0.25, -0.2) is 9.97 Å². The summed E-state index contributed by atoms with van der Waals surface area (Å²) >= 11 is 0. The molecule has 11 rings (SSSR count). The van der Waals surface area contributed by atoms with Crippen molar-refractivity contribution in [3.05, 3.63) is 265 Å². The molecule has 292 valence electrons. The van der Waals surface area contributed by atoms with E-state index in [1.807, 2.05) is 18.2 Å². The Morgan fingerprint density at radius 1 is 0.452 bits per heavy atom. The lowest BCUT2D eigenvalue weighted by atomic mass is 9.70. The van der Waals surface area contributed by atoms with Gasteiger partial charge in [0.1, 0.15) is 0 Å². The van der Waals surface area contributed by atoms with E-state index >= 15 is 0 Å². The molecule has 0 radical (unpaired) electrons. The molecule has 0 atom stereocenters. The second-order valence-electron chi connectivity index (χ2n) is 16.2. The fourth-order valence-corrected chi connectivity index (χ4v) is 9.78. The summed E-state index contributed by atoms with van der Waals surface area (Å²) in [5.41, 5.74) is 21.5. The van der Waals surface area contributed by atoms with Gasteiger partial charge in [0.15, 0.2) is 5.82 Å². The molecule has 0 fully saturated rings. The lowest BCUT2D eigenvalue weighted by molar-refractivity contribution is 0.794. The zero-order chi connectivity index (χ0) is 41.6. The molecule has 2 aliphatic rings. The van der Waals surface area contributed by atoms with E-state index in [0.717, 1.165) is 44.8 Å². The Morgan fingerprint density at radius 3 is 1.69 bits per heavy atom. The molecule has 0 unspecified atom stereocenters. The van der Waals surface area contributed by atoms with Gasteiger partial charge in [0.05, 0.1) is 16.8 Å². The Bertz CT molecular complexity index is 3220. The Morgan fingerprint density at radius 2 is 0.968 bits per heavy atom. The van der Waals surface area contributed by atoms with Crippen molar-refractivity contribution in [2.24, 2.45) is 0 Å². The van der Waals surface area contributed by atoms with Crippen molar-refractivity contribution in [3.63, 3.8) is 0 Å². The summed E-state index contributed by atoms with van der Waals surface area (Å²) in [6, 6.07) is 74.1. The first kappa shape index (κ1) is 37.1. The van der Waals surface area contributed by atoms with Crippen LogP contribution in [0.2, 0.25) is 0 Å². The summed E-state index contributed by atoms with van der Waals surface area (Å²) in [7, 11) is 0. The van der Waals surface area contributed by atoms with Gasteiger partial charge in [0, 0.05) is 11.1 Å². The first-order chi connectivity index (χ1) is 30.6. The number of fused-ring (bicyclic) bond motifs is 10. The first-order valence-electron chi connectivity index (χ1n) is 21.3. The molecule has 2 nitrogen and oxygen atoms in total. The Kier molecular flexibility index (Phi) is 9.13. The molecular formula is C60H42N2. The summed E-state index contributed by atoms with van der Waals surface area (Å²) in [6.45, 7) is 6.64. The minimum absolute atomic E-state index is 0.403. The minimum Gasteiger partial charge on any atom is -0.228 e. The summed E-state index contributed by atoms with van der Waals surface area (Å²) < 4.78 is 0. The van der Waals surface area contributed by atoms with Crippen LogP contribution in [0.15, 0.2) is 231 Å². The number of hydrogen-bond donors (Lipinski definition) is 0. The number of hydrogen-bond acceptors (Lipinski definition) is 2. The van der Waals surface area contributed by atoms with E-state index in [0.29, 0.717) is 5.82 Å². The van der Waals surface area contributed by atoms with E-state index in [-0.39, 0.29) is 0 Å². The van der Waals surface area contributed by atoms with Crippen LogP contribution in [-0.4, -0.2) is 9.97 Å². The fourth-order valence-electron chi connectivity index (χ4n) is 9.78. The third-order valence-electron chi connectivity index (χ3n) is 12.6. The number of benzene rings is 8. The molecule has 0 bridgehead atoms. The van der Waals surface area contributed by atoms with Gasteiger partial charge in [-0.3, -0.25) is 0 Å². The van der Waals surface area contributed by atoms with Crippen molar-refractivity contribution < 1.29 is 0 Å². The summed E-state index contributed by atoms with van der Waals surface area (Å²) in [5.74, 6) is 0.654. The number of allylic oxidation sites excluding steroid dienone is 5. The highest BCUT2D eigenvalue weighted by Gasteiger charge is 2.51. The van der Waals surface area contributed by atoms with Crippen LogP contribution >= 0.6 is 0 Å². The zero-order valence-electron chi connectivity index (χ0n) is 34.5. The van der Waals surface area contributed by atoms with Gasteiger partial charge in [0.25, 0.3) is 0 Å². The van der Waals surface area contributed by atoms with Crippen molar-refractivity contribution >= 4 is 11.1 Å². The second kappa shape index (κ2) is 15.3. The largest absolute Gasteiger partial charge is 0.228 e. The van der Waals surface area contributed by atoms with Gasteiger partial charge >= 0.3 is 0 Å². The molecule has 62 heavy (non-hydrogen) atoms. The predicted octanol–water partition coefficient (Wildman–Crippen LogP) is 15.2. The molecule has 0 saturated carbocycles. The quantitative estimate of drug-likeness (QED) is 0.143. The number of aromatic nitrogens is 2. The predicted molar refractivity (Wildman–Crippen MR) is 258 cm³/mol. The molecule has 9 aromatic rings. The molecule has 1 heterocycles. The second-order valence-corrected chi connectivity index (χ2v) is 16.2. The van der Waals surface area contributed by atoms with Gasteiger partial charge in [-0.2, -0.15) is 0 Å². The highest BCUT2D eigenvalue weighted by molar-refractivity contribution is 6.00. The van der Waals surface area contributed by atoms with Gasteiger partial charge < -0.3 is 0 Å². The fraction of sp³-hybridized carbons (Fsp3) is 0.0333. The van der Waals surface area contributed by atoms with Crippen molar-refractivity contribution in [2.75, 3.05) is 0 Å². The average molecular weight is 791 g/mol. The van der Waals surface area contributed by atoms with Crippen molar-refractivity contribution in [1.29, 1.82) is 0 Å². The van der Waals surface area contributed by atoms with Gasteiger partial charge in [-0.05, 0) is 109 Å².